The molecule has 0 aliphatic heterocycles. The van der Waals surface area contributed by atoms with Gasteiger partial charge < -0.3 is 4.52 Å². The van der Waals surface area contributed by atoms with Crippen LogP contribution in [0.4, 0.5) is 11.7 Å². The molecule has 0 saturated carbocycles. The number of aryl methyl sites for hydroxylation is 1. The highest BCUT2D eigenvalue weighted by molar-refractivity contribution is 6.33. The maximum absolute atomic E-state index is 11.9. The lowest BCUT2D eigenvalue weighted by atomic mass is 10.1. The number of rotatable bonds is 3. The molecule has 9 heteroatoms. The van der Waals surface area contributed by atoms with Crippen molar-refractivity contribution in [1.29, 1.82) is 0 Å². The number of anilines is 1. The van der Waals surface area contributed by atoms with Crippen LogP contribution in [0.15, 0.2) is 22.7 Å². The van der Waals surface area contributed by atoms with E-state index in [9.17, 15) is 14.9 Å². The first-order valence-electron chi connectivity index (χ1n) is 5.03. The Bertz CT molecular complexity index is 655. The van der Waals surface area contributed by atoms with Crippen molar-refractivity contribution in [3.8, 4) is 0 Å². The van der Waals surface area contributed by atoms with Gasteiger partial charge in [-0.25, -0.2) is 0 Å². The van der Waals surface area contributed by atoms with Gasteiger partial charge in [0.1, 0.15) is 10.6 Å². The van der Waals surface area contributed by atoms with E-state index in [1.54, 1.807) is 6.92 Å². The summed E-state index contributed by atoms with van der Waals surface area (Å²) in [5, 5.41) is 16.5. The molecule has 0 atom stereocenters. The van der Waals surface area contributed by atoms with Gasteiger partial charge in [0, 0.05) is 0 Å². The molecule has 1 N–H and O–H groups in total. The Morgan fingerprint density at radius 3 is 2.84 bits per heavy atom. The van der Waals surface area contributed by atoms with Crippen molar-refractivity contribution in [1.82, 2.24) is 10.1 Å². The van der Waals surface area contributed by atoms with Crippen LogP contribution < -0.4 is 5.32 Å². The average molecular weight is 283 g/mol. The number of nitrogens with zero attached hydrogens (tertiary/aromatic N) is 3. The molecule has 8 nitrogen and oxygen atoms in total. The van der Waals surface area contributed by atoms with Gasteiger partial charge in [0.15, 0.2) is 5.82 Å². The highest BCUT2D eigenvalue weighted by Crippen LogP contribution is 2.28. The van der Waals surface area contributed by atoms with Crippen molar-refractivity contribution in [3.05, 3.63) is 44.7 Å². The minimum Gasteiger partial charge on any atom is -0.315 e. The van der Waals surface area contributed by atoms with E-state index in [1.165, 1.54) is 18.2 Å². The lowest BCUT2D eigenvalue weighted by Gasteiger charge is -2.02. The summed E-state index contributed by atoms with van der Waals surface area (Å²) in [5.74, 6) is -0.422. The van der Waals surface area contributed by atoms with Crippen LogP contribution in [-0.2, 0) is 0 Å². The Morgan fingerprint density at radius 1 is 1.53 bits per heavy atom. The maximum atomic E-state index is 11.9. The number of hydrogen-bond donors (Lipinski definition) is 1. The van der Waals surface area contributed by atoms with Crippen molar-refractivity contribution in [2.45, 2.75) is 6.92 Å². The molecular weight excluding hydrogens is 276 g/mol. The Balaban J connectivity index is 2.34. The topological polar surface area (TPSA) is 111 Å². The average Bonchev–Trinajstić information content (AvgIpc) is 2.73. The van der Waals surface area contributed by atoms with Gasteiger partial charge >= 0.3 is 11.7 Å². The number of aromatic nitrogens is 2. The van der Waals surface area contributed by atoms with E-state index in [-0.39, 0.29) is 16.6 Å². The van der Waals surface area contributed by atoms with Gasteiger partial charge in [-0.2, -0.15) is 4.98 Å². The lowest BCUT2D eigenvalue weighted by Crippen LogP contribution is -2.14. The molecule has 0 radical (unpaired) electrons. The molecule has 1 aromatic heterocycles. The van der Waals surface area contributed by atoms with Gasteiger partial charge in [0.05, 0.1) is 4.92 Å². The number of nitrogens with one attached hydrogen (secondary N) is 1. The van der Waals surface area contributed by atoms with Crippen LogP contribution in [0.2, 0.25) is 5.02 Å². The fourth-order valence-electron chi connectivity index (χ4n) is 1.40. The summed E-state index contributed by atoms with van der Waals surface area (Å²) < 4.78 is 4.69. The predicted molar refractivity (Wildman–Crippen MR) is 65.1 cm³/mol. The second-order valence-electron chi connectivity index (χ2n) is 3.49. The number of halogens is 1. The molecule has 0 aliphatic carbocycles. The predicted octanol–water partition coefficient (Wildman–Crippen LogP) is 2.19. The second-order valence-corrected chi connectivity index (χ2v) is 3.90. The lowest BCUT2D eigenvalue weighted by molar-refractivity contribution is -0.385. The molecule has 0 aliphatic rings. The summed E-state index contributed by atoms with van der Waals surface area (Å²) in [5.41, 5.74) is -0.661. The summed E-state index contributed by atoms with van der Waals surface area (Å²) in [4.78, 5) is 25.8. The van der Waals surface area contributed by atoms with E-state index < -0.39 is 16.5 Å². The van der Waals surface area contributed by atoms with Gasteiger partial charge in [-0.05, 0) is 19.1 Å². The monoisotopic (exact) mass is 282 g/mol. The third-order valence-corrected chi connectivity index (χ3v) is 2.47. The van der Waals surface area contributed by atoms with E-state index in [4.69, 9.17) is 16.1 Å². The van der Waals surface area contributed by atoms with Crippen LogP contribution >= 0.6 is 11.6 Å². The molecule has 0 saturated heterocycles. The Morgan fingerprint density at radius 2 is 2.26 bits per heavy atom. The molecule has 0 bridgehead atoms. The Hall–Kier alpha value is -2.48. The molecule has 19 heavy (non-hydrogen) atoms. The van der Waals surface area contributed by atoms with Crippen molar-refractivity contribution in [2.75, 3.05) is 5.32 Å². The summed E-state index contributed by atoms with van der Waals surface area (Å²) in [6, 6.07) is 3.90. The van der Waals surface area contributed by atoms with Crippen LogP contribution in [-0.4, -0.2) is 21.0 Å². The minimum atomic E-state index is -0.752. The zero-order chi connectivity index (χ0) is 14.0. The zero-order valence-electron chi connectivity index (χ0n) is 9.58. The van der Waals surface area contributed by atoms with Gasteiger partial charge in [-0.1, -0.05) is 22.8 Å². The number of nitro benzene ring substituents is 1. The first-order valence-corrected chi connectivity index (χ1v) is 5.41. The molecule has 0 fully saturated rings. The van der Waals surface area contributed by atoms with Gasteiger partial charge in [0.25, 0.3) is 5.91 Å². The number of nitro groups is 1. The summed E-state index contributed by atoms with van der Waals surface area (Å²) in [6.45, 7) is 1.57. The van der Waals surface area contributed by atoms with E-state index in [1.807, 2.05) is 0 Å². The molecule has 0 unspecified atom stereocenters. The van der Waals surface area contributed by atoms with Crippen LogP contribution in [0, 0.1) is 17.0 Å². The van der Waals surface area contributed by atoms with Gasteiger partial charge in [0.2, 0.25) is 0 Å². The summed E-state index contributed by atoms with van der Waals surface area (Å²) in [7, 11) is 0. The summed E-state index contributed by atoms with van der Waals surface area (Å²) in [6.07, 6.45) is 0. The molecule has 2 rings (SSSR count). The molecule has 1 aromatic carbocycles. The van der Waals surface area contributed by atoms with E-state index >= 15 is 0 Å². The van der Waals surface area contributed by atoms with Crippen molar-refractivity contribution < 1.29 is 14.2 Å². The molecule has 2 aromatic rings. The molecule has 1 heterocycles. The standard InChI is InChI=1S/C10H7ClN4O4/c1-5-12-10(19-14-5)13-9(16)6-3-2-4-7(11)8(6)15(17)18/h2-4H,1H3,(H,12,13,14,16). The first-order chi connectivity index (χ1) is 8.99. The highest BCUT2D eigenvalue weighted by atomic mass is 35.5. The number of amides is 1. The largest absolute Gasteiger partial charge is 0.328 e. The quantitative estimate of drug-likeness (QED) is 0.682. The van der Waals surface area contributed by atoms with Gasteiger partial charge in [-0.3, -0.25) is 20.2 Å². The van der Waals surface area contributed by atoms with Crippen molar-refractivity contribution in [2.24, 2.45) is 0 Å². The number of para-hydroxylation sites is 1. The van der Waals surface area contributed by atoms with Crippen LogP contribution in [0.3, 0.4) is 0 Å². The number of benzene rings is 1. The van der Waals surface area contributed by atoms with Crippen molar-refractivity contribution in [3.63, 3.8) is 0 Å². The smallest absolute Gasteiger partial charge is 0.315 e. The van der Waals surface area contributed by atoms with Crippen LogP contribution in [0.1, 0.15) is 16.2 Å². The third-order valence-electron chi connectivity index (χ3n) is 2.16. The zero-order valence-corrected chi connectivity index (χ0v) is 10.3. The number of hydrogen-bond acceptors (Lipinski definition) is 6. The highest BCUT2D eigenvalue weighted by Gasteiger charge is 2.24. The van der Waals surface area contributed by atoms with Crippen molar-refractivity contribution >= 4 is 29.2 Å². The fourth-order valence-corrected chi connectivity index (χ4v) is 1.64. The first kappa shape index (κ1) is 13.0. The molecule has 1 amide bonds. The molecule has 98 valence electrons. The maximum Gasteiger partial charge on any atom is 0.328 e. The number of carbonyl (C=O) groups excluding carboxylic acids is 1. The summed E-state index contributed by atoms with van der Waals surface area (Å²) >= 11 is 5.70. The Kier molecular flexibility index (Phi) is 3.43. The number of carbonyl (C=O) groups is 1. The minimum absolute atomic E-state index is 0.126. The van der Waals surface area contributed by atoms with Gasteiger partial charge in [-0.15, -0.1) is 0 Å². The van der Waals surface area contributed by atoms with E-state index in [2.05, 4.69) is 15.5 Å². The Labute approximate surface area is 111 Å². The molecule has 0 spiro atoms. The van der Waals surface area contributed by atoms with E-state index in [0.29, 0.717) is 5.82 Å². The second kappa shape index (κ2) is 5.02. The van der Waals surface area contributed by atoms with Crippen LogP contribution in [0.5, 0.6) is 0 Å². The molecular formula is C10H7ClN4O4. The third kappa shape index (κ3) is 2.68. The van der Waals surface area contributed by atoms with Crippen LogP contribution in [0.25, 0.3) is 0 Å². The van der Waals surface area contributed by atoms with E-state index in [0.717, 1.165) is 0 Å². The fraction of sp³-hybridized carbons (Fsp3) is 0.100. The SMILES string of the molecule is Cc1noc(NC(=O)c2cccc(Cl)c2[N+](=O)[O-])n1. The normalized spacial score (nSPS) is 10.2.